The summed E-state index contributed by atoms with van der Waals surface area (Å²) in [6.45, 7) is 3.92. The zero-order chi connectivity index (χ0) is 12.4. The minimum atomic E-state index is -0.372. The van der Waals surface area contributed by atoms with Gasteiger partial charge < -0.3 is 5.73 Å². The Bertz CT molecular complexity index is 559. The highest BCUT2D eigenvalue weighted by molar-refractivity contribution is 5.96. The molecule has 2 nitrogen and oxygen atoms in total. The van der Waals surface area contributed by atoms with Gasteiger partial charge in [-0.3, -0.25) is 4.79 Å². The lowest BCUT2D eigenvalue weighted by Gasteiger charge is -2.10. The van der Waals surface area contributed by atoms with Gasteiger partial charge in [-0.2, -0.15) is 0 Å². The van der Waals surface area contributed by atoms with E-state index in [4.69, 9.17) is 5.73 Å². The van der Waals surface area contributed by atoms with Crippen LogP contribution in [-0.2, 0) is 0 Å². The SMILES string of the molecule is Cc1cc(-c2ccccc2)cc(C(N)=O)c1C. The van der Waals surface area contributed by atoms with Crippen LogP contribution >= 0.6 is 0 Å². The summed E-state index contributed by atoms with van der Waals surface area (Å²) in [6.07, 6.45) is 0. The predicted octanol–water partition coefficient (Wildman–Crippen LogP) is 3.07. The van der Waals surface area contributed by atoms with E-state index in [2.05, 4.69) is 6.07 Å². The van der Waals surface area contributed by atoms with E-state index in [1.165, 1.54) is 0 Å². The fourth-order valence-corrected chi connectivity index (χ4v) is 1.91. The van der Waals surface area contributed by atoms with Gasteiger partial charge in [-0.15, -0.1) is 0 Å². The van der Waals surface area contributed by atoms with Gasteiger partial charge >= 0.3 is 0 Å². The van der Waals surface area contributed by atoms with E-state index in [1.807, 2.05) is 50.2 Å². The van der Waals surface area contributed by atoms with E-state index in [1.54, 1.807) is 0 Å². The Balaban J connectivity index is 2.61. The molecule has 0 aromatic heterocycles. The summed E-state index contributed by atoms with van der Waals surface area (Å²) in [5.41, 5.74) is 10.2. The molecule has 2 aromatic carbocycles. The molecule has 0 saturated heterocycles. The van der Waals surface area contributed by atoms with Crippen molar-refractivity contribution in [2.45, 2.75) is 13.8 Å². The number of nitrogens with two attached hydrogens (primary N) is 1. The second-order valence-corrected chi connectivity index (χ2v) is 4.20. The molecule has 0 heterocycles. The van der Waals surface area contributed by atoms with Crippen molar-refractivity contribution in [1.82, 2.24) is 0 Å². The monoisotopic (exact) mass is 225 g/mol. The molecule has 1 amide bonds. The summed E-state index contributed by atoms with van der Waals surface area (Å²) in [5.74, 6) is -0.372. The van der Waals surface area contributed by atoms with Crippen LogP contribution in [0.1, 0.15) is 21.5 Å². The Morgan fingerprint density at radius 2 is 1.65 bits per heavy atom. The number of hydrogen-bond donors (Lipinski definition) is 1. The van der Waals surface area contributed by atoms with Crippen LogP contribution in [-0.4, -0.2) is 5.91 Å². The molecule has 2 heteroatoms. The fraction of sp³-hybridized carbons (Fsp3) is 0.133. The van der Waals surface area contributed by atoms with E-state index in [-0.39, 0.29) is 5.91 Å². The summed E-state index contributed by atoms with van der Waals surface area (Å²) < 4.78 is 0. The molecule has 0 aliphatic carbocycles. The molecule has 0 spiro atoms. The quantitative estimate of drug-likeness (QED) is 0.838. The third-order valence-electron chi connectivity index (χ3n) is 3.04. The largest absolute Gasteiger partial charge is 0.366 e. The molecule has 0 bridgehead atoms. The number of amides is 1. The van der Waals surface area contributed by atoms with Crippen molar-refractivity contribution in [3.05, 3.63) is 59.2 Å². The molecule has 0 fully saturated rings. The van der Waals surface area contributed by atoms with Gasteiger partial charge in [-0.25, -0.2) is 0 Å². The molecule has 2 N–H and O–H groups in total. The van der Waals surface area contributed by atoms with E-state index in [9.17, 15) is 4.79 Å². The van der Waals surface area contributed by atoms with Crippen LogP contribution in [0.25, 0.3) is 11.1 Å². The third-order valence-corrected chi connectivity index (χ3v) is 3.04. The first-order chi connectivity index (χ1) is 8.09. The van der Waals surface area contributed by atoms with Crippen molar-refractivity contribution >= 4 is 5.91 Å². The Hall–Kier alpha value is -2.09. The Morgan fingerprint density at radius 1 is 1.00 bits per heavy atom. The highest BCUT2D eigenvalue weighted by atomic mass is 16.1. The van der Waals surface area contributed by atoms with Gasteiger partial charge in [0.15, 0.2) is 0 Å². The van der Waals surface area contributed by atoms with Crippen molar-refractivity contribution in [2.75, 3.05) is 0 Å². The van der Waals surface area contributed by atoms with E-state index in [0.717, 1.165) is 22.3 Å². The number of rotatable bonds is 2. The van der Waals surface area contributed by atoms with Crippen LogP contribution in [0.15, 0.2) is 42.5 Å². The normalized spacial score (nSPS) is 10.2. The average molecular weight is 225 g/mol. The molecule has 0 aliphatic rings. The van der Waals surface area contributed by atoms with E-state index >= 15 is 0 Å². The molecule has 0 unspecified atom stereocenters. The number of benzene rings is 2. The molecule has 0 radical (unpaired) electrons. The van der Waals surface area contributed by atoms with Gasteiger partial charge in [0.25, 0.3) is 0 Å². The summed E-state index contributed by atoms with van der Waals surface area (Å²) in [5, 5.41) is 0. The average Bonchev–Trinajstić information content (AvgIpc) is 2.33. The lowest BCUT2D eigenvalue weighted by Crippen LogP contribution is -2.13. The second kappa shape index (κ2) is 4.42. The Morgan fingerprint density at radius 3 is 2.24 bits per heavy atom. The Kier molecular flexibility index (Phi) is 2.96. The second-order valence-electron chi connectivity index (χ2n) is 4.20. The smallest absolute Gasteiger partial charge is 0.248 e. The van der Waals surface area contributed by atoms with Crippen molar-refractivity contribution in [1.29, 1.82) is 0 Å². The first kappa shape index (κ1) is 11.4. The third kappa shape index (κ3) is 2.21. The van der Waals surface area contributed by atoms with E-state index < -0.39 is 0 Å². The molecule has 0 atom stereocenters. The standard InChI is InChI=1S/C15H15NO/c1-10-8-13(12-6-4-3-5-7-12)9-14(11(10)2)15(16)17/h3-9H,1-2H3,(H2,16,17). The van der Waals surface area contributed by atoms with Crippen LogP contribution in [0.5, 0.6) is 0 Å². The summed E-state index contributed by atoms with van der Waals surface area (Å²) in [7, 11) is 0. The minimum Gasteiger partial charge on any atom is -0.366 e. The Labute approximate surface area is 101 Å². The topological polar surface area (TPSA) is 43.1 Å². The zero-order valence-corrected chi connectivity index (χ0v) is 10.0. The number of hydrogen-bond acceptors (Lipinski definition) is 1. The molecular formula is C15H15NO. The molecule has 17 heavy (non-hydrogen) atoms. The van der Waals surface area contributed by atoms with Gasteiger partial charge in [0.05, 0.1) is 0 Å². The summed E-state index contributed by atoms with van der Waals surface area (Å²) in [6, 6.07) is 13.9. The maximum atomic E-state index is 11.4. The molecule has 0 aliphatic heterocycles. The highest BCUT2D eigenvalue weighted by Crippen LogP contribution is 2.24. The lowest BCUT2D eigenvalue weighted by molar-refractivity contribution is 0.0999. The van der Waals surface area contributed by atoms with Crippen molar-refractivity contribution < 1.29 is 4.79 Å². The maximum Gasteiger partial charge on any atom is 0.248 e. The molecular weight excluding hydrogens is 210 g/mol. The summed E-state index contributed by atoms with van der Waals surface area (Å²) in [4.78, 5) is 11.4. The number of aryl methyl sites for hydroxylation is 1. The molecule has 2 aromatic rings. The van der Waals surface area contributed by atoms with Crippen molar-refractivity contribution in [3.63, 3.8) is 0 Å². The van der Waals surface area contributed by atoms with Gasteiger partial charge in [0.1, 0.15) is 0 Å². The van der Waals surface area contributed by atoms with Gasteiger partial charge in [-0.05, 0) is 42.2 Å². The van der Waals surface area contributed by atoms with Crippen LogP contribution < -0.4 is 5.73 Å². The zero-order valence-electron chi connectivity index (χ0n) is 10.0. The van der Waals surface area contributed by atoms with Crippen LogP contribution in [0.4, 0.5) is 0 Å². The van der Waals surface area contributed by atoms with E-state index in [0.29, 0.717) is 5.56 Å². The molecule has 86 valence electrons. The fourth-order valence-electron chi connectivity index (χ4n) is 1.91. The number of carbonyl (C=O) groups is 1. The first-order valence-electron chi connectivity index (χ1n) is 5.56. The van der Waals surface area contributed by atoms with Crippen LogP contribution in [0.3, 0.4) is 0 Å². The predicted molar refractivity (Wildman–Crippen MR) is 69.9 cm³/mol. The lowest BCUT2D eigenvalue weighted by atomic mass is 9.95. The van der Waals surface area contributed by atoms with Crippen molar-refractivity contribution in [3.8, 4) is 11.1 Å². The highest BCUT2D eigenvalue weighted by Gasteiger charge is 2.09. The van der Waals surface area contributed by atoms with Gasteiger partial charge in [0, 0.05) is 5.56 Å². The maximum absolute atomic E-state index is 11.4. The van der Waals surface area contributed by atoms with Gasteiger partial charge in [0.2, 0.25) is 5.91 Å². The number of primary amides is 1. The van der Waals surface area contributed by atoms with Crippen LogP contribution in [0.2, 0.25) is 0 Å². The molecule has 0 saturated carbocycles. The molecule has 2 rings (SSSR count). The minimum absolute atomic E-state index is 0.372. The first-order valence-corrected chi connectivity index (χ1v) is 5.56. The van der Waals surface area contributed by atoms with Crippen LogP contribution in [0, 0.1) is 13.8 Å². The van der Waals surface area contributed by atoms with Crippen molar-refractivity contribution in [2.24, 2.45) is 5.73 Å². The van der Waals surface area contributed by atoms with Gasteiger partial charge in [-0.1, -0.05) is 36.4 Å². The summed E-state index contributed by atoms with van der Waals surface area (Å²) >= 11 is 0. The number of carbonyl (C=O) groups excluding carboxylic acids is 1.